The molecule has 0 saturated carbocycles. The number of primary amides is 1. The Bertz CT molecular complexity index is 450. The van der Waals surface area contributed by atoms with Crippen molar-refractivity contribution in [2.45, 2.75) is 19.8 Å². The van der Waals surface area contributed by atoms with Crippen LogP contribution in [0.1, 0.15) is 19.8 Å². The lowest BCUT2D eigenvalue weighted by Crippen LogP contribution is -2.39. The number of amides is 2. The minimum absolute atomic E-state index is 0.0709. The van der Waals surface area contributed by atoms with Crippen molar-refractivity contribution in [1.29, 1.82) is 0 Å². The molecule has 0 radical (unpaired) electrons. The summed E-state index contributed by atoms with van der Waals surface area (Å²) in [6.45, 7) is 2.87. The van der Waals surface area contributed by atoms with Crippen LogP contribution in [-0.2, 0) is 9.59 Å². The van der Waals surface area contributed by atoms with E-state index in [2.05, 4.69) is 10.3 Å². The molecule has 0 aliphatic rings. The second-order valence-electron chi connectivity index (χ2n) is 4.44. The van der Waals surface area contributed by atoms with Crippen molar-refractivity contribution in [1.82, 2.24) is 9.88 Å². The topological polar surface area (TPSA) is 88.3 Å². The van der Waals surface area contributed by atoms with Crippen LogP contribution in [0.2, 0.25) is 5.02 Å². The zero-order valence-corrected chi connectivity index (χ0v) is 12.2. The largest absolute Gasteiger partial charge is 0.369 e. The first-order chi connectivity index (χ1) is 9.51. The summed E-state index contributed by atoms with van der Waals surface area (Å²) < 4.78 is 0. The highest BCUT2D eigenvalue weighted by Crippen LogP contribution is 2.09. The lowest BCUT2D eigenvalue weighted by molar-refractivity contribution is -0.121. The molecule has 0 atom stereocenters. The molecule has 0 spiro atoms. The zero-order valence-electron chi connectivity index (χ0n) is 11.4. The highest BCUT2D eigenvalue weighted by Gasteiger charge is 2.13. The maximum Gasteiger partial charge on any atom is 0.239 e. The number of rotatable bonds is 8. The van der Waals surface area contributed by atoms with Gasteiger partial charge in [-0.1, -0.05) is 24.9 Å². The Morgan fingerprint density at radius 3 is 2.70 bits per heavy atom. The average molecular weight is 299 g/mol. The first kappa shape index (κ1) is 16.4. The van der Waals surface area contributed by atoms with E-state index < -0.39 is 5.91 Å². The number of aromatic nitrogens is 1. The van der Waals surface area contributed by atoms with Crippen LogP contribution in [0.5, 0.6) is 0 Å². The molecule has 6 nitrogen and oxygen atoms in total. The molecule has 0 bridgehead atoms. The Morgan fingerprint density at radius 1 is 1.40 bits per heavy atom. The molecule has 0 fully saturated rings. The summed E-state index contributed by atoms with van der Waals surface area (Å²) in [6, 6.07) is 3.26. The minimum Gasteiger partial charge on any atom is -0.369 e. The molecule has 0 saturated heterocycles. The maximum absolute atomic E-state index is 11.9. The number of nitrogens with two attached hydrogens (primary N) is 1. The SMILES string of the molecule is CCCCN(CC(N)=O)CC(=O)Nc1ccc(Cl)cn1. The van der Waals surface area contributed by atoms with E-state index in [1.165, 1.54) is 6.20 Å². The zero-order chi connectivity index (χ0) is 15.0. The van der Waals surface area contributed by atoms with Gasteiger partial charge in [-0.25, -0.2) is 4.98 Å². The summed E-state index contributed by atoms with van der Waals surface area (Å²) in [4.78, 5) is 28.5. The first-order valence-corrected chi connectivity index (χ1v) is 6.81. The third kappa shape index (κ3) is 6.49. The molecule has 7 heteroatoms. The third-order valence-corrected chi connectivity index (χ3v) is 2.79. The van der Waals surface area contributed by atoms with E-state index in [1.807, 2.05) is 6.92 Å². The monoisotopic (exact) mass is 298 g/mol. The molecule has 1 aromatic heterocycles. The smallest absolute Gasteiger partial charge is 0.239 e. The predicted octanol–water partition coefficient (Wildman–Crippen LogP) is 1.26. The number of hydrogen-bond donors (Lipinski definition) is 2. The summed E-state index contributed by atoms with van der Waals surface area (Å²) in [5.74, 6) is -0.260. The number of anilines is 1. The predicted molar refractivity (Wildman–Crippen MR) is 78.4 cm³/mol. The molecule has 2 amide bonds. The molecule has 3 N–H and O–H groups in total. The maximum atomic E-state index is 11.9. The van der Waals surface area contributed by atoms with Crippen LogP contribution in [0.4, 0.5) is 5.82 Å². The van der Waals surface area contributed by atoms with Crippen LogP contribution in [0.15, 0.2) is 18.3 Å². The van der Waals surface area contributed by atoms with E-state index in [1.54, 1.807) is 17.0 Å². The van der Waals surface area contributed by atoms with Crippen molar-refractivity contribution in [2.75, 3.05) is 25.0 Å². The van der Waals surface area contributed by atoms with Gasteiger partial charge in [-0.05, 0) is 25.1 Å². The molecule has 20 heavy (non-hydrogen) atoms. The fraction of sp³-hybridized carbons (Fsp3) is 0.462. The van der Waals surface area contributed by atoms with Crippen molar-refractivity contribution < 1.29 is 9.59 Å². The number of carbonyl (C=O) groups excluding carboxylic acids is 2. The number of unbranched alkanes of at least 4 members (excludes halogenated alkanes) is 1. The minimum atomic E-state index is -0.446. The van der Waals surface area contributed by atoms with Crippen molar-refractivity contribution in [3.63, 3.8) is 0 Å². The molecule has 1 rings (SSSR count). The third-order valence-electron chi connectivity index (χ3n) is 2.57. The Labute approximate surface area is 123 Å². The average Bonchev–Trinajstić information content (AvgIpc) is 2.38. The Morgan fingerprint density at radius 2 is 2.15 bits per heavy atom. The molecule has 110 valence electrons. The van der Waals surface area contributed by atoms with Gasteiger partial charge in [0.05, 0.1) is 18.1 Å². The van der Waals surface area contributed by atoms with Gasteiger partial charge in [-0.2, -0.15) is 0 Å². The van der Waals surface area contributed by atoms with Gasteiger partial charge in [-0.3, -0.25) is 14.5 Å². The molecular weight excluding hydrogens is 280 g/mol. The summed E-state index contributed by atoms with van der Waals surface area (Å²) in [6.07, 6.45) is 3.34. The van der Waals surface area contributed by atoms with E-state index in [0.717, 1.165) is 12.8 Å². The Balaban J connectivity index is 2.51. The van der Waals surface area contributed by atoms with E-state index in [9.17, 15) is 9.59 Å². The van der Waals surface area contributed by atoms with Crippen LogP contribution in [0, 0.1) is 0 Å². The number of nitrogens with zero attached hydrogens (tertiary/aromatic N) is 2. The molecular formula is C13H19ClN4O2. The van der Waals surface area contributed by atoms with Gasteiger partial charge in [0.25, 0.3) is 0 Å². The Kier molecular flexibility index (Phi) is 6.97. The highest BCUT2D eigenvalue weighted by atomic mass is 35.5. The molecule has 0 unspecified atom stereocenters. The molecule has 1 heterocycles. The van der Waals surface area contributed by atoms with E-state index in [4.69, 9.17) is 17.3 Å². The van der Waals surface area contributed by atoms with Gasteiger partial charge >= 0.3 is 0 Å². The fourth-order valence-corrected chi connectivity index (χ4v) is 1.76. The van der Waals surface area contributed by atoms with Crippen molar-refractivity contribution in [2.24, 2.45) is 5.73 Å². The first-order valence-electron chi connectivity index (χ1n) is 6.43. The normalized spacial score (nSPS) is 10.6. The standard InChI is InChI=1S/C13H19ClN4O2/c1-2-3-6-18(8-11(15)19)9-13(20)17-12-5-4-10(14)7-16-12/h4-5,7H,2-3,6,8-9H2,1H3,(H2,15,19)(H,16,17,20). The summed E-state index contributed by atoms with van der Waals surface area (Å²) in [7, 11) is 0. The van der Waals surface area contributed by atoms with Crippen molar-refractivity contribution in [3.8, 4) is 0 Å². The van der Waals surface area contributed by atoms with Crippen molar-refractivity contribution in [3.05, 3.63) is 23.4 Å². The fourth-order valence-electron chi connectivity index (χ4n) is 1.65. The quantitative estimate of drug-likeness (QED) is 0.756. The summed E-state index contributed by atoms with van der Waals surface area (Å²) in [5.41, 5.74) is 5.17. The van der Waals surface area contributed by atoms with E-state index in [-0.39, 0.29) is 19.0 Å². The van der Waals surface area contributed by atoms with Gasteiger partial charge in [0, 0.05) is 6.20 Å². The number of hydrogen-bond acceptors (Lipinski definition) is 4. The second kappa shape index (κ2) is 8.50. The van der Waals surface area contributed by atoms with Gasteiger partial charge in [0.2, 0.25) is 11.8 Å². The van der Waals surface area contributed by atoms with Crippen LogP contribution < -0.4 is 11.1 Å². The lowest BCUT2D eigenvalue weighted by Gasteiger charge is -2.19. The molecule has 0 aromatic carbocycles. The van der Waals surface area contributed by atoms with Crippen LogP contribution >= 0.6 is 11.6 Å². The number of carbonyl (C=O) groups is 2. The number of pyridine rings is 1. The van der Waals surface area contributed by atoms with Crippen LogP contribution in [0.3, 0.4) is 0 Å². The number of nitrogens with one attached hydrogen (secondary N) is 1. The second-order valence-corrected chi connectivity index (χ2v) is 4.88. The van der Waals surface area contributed by atoms with Crippen LogP contribution in [0.25, 0.3) is 0 Å². The molecule has 1 aromatic rings. The van der Waals surface area contributed by atoms with E-state index >= 15 is 0 Å². The van der Waals surface area contributed by atoms with E-state index in [0.29, 0.717) is 17.4 Å². The van der Waals surface area contributed by atoms with Crippen LogP contribution in [-0.4, -0.2) is 41.3 Å². The highest BCUT2D eigenvalue weighted by molar-refractivity contribution is 6.30. The summed E-state index contributed by atoms with van der Waals surface area (Å²) >= 11 is 5.71. The molecule has 0 aliphatic heterocycles. The Hall–Kier alpha value is -1.66. The number of halogens is 1. The van der Waals surface area contributed by atoms with Crippen molar-refractivity contribution >= 4 is 29.2 Å². The van der Waals surface area contributed by atoms with Gasteiger partial charge in [0.15, 0.2) is 0 Å². The lowest BCUT2D eigenvalue weighted by atomic mass is 10.3. The summed E-state index contributed by atoms with van der Waals surface area (Å²) in [5, 5.41) is 3.15. The molecule has 0 aliphatic carbocycles. The van der Waals surface area contributed by atoms with Gasteiger partial charge < -0.3 is 11.1 Å². The van der Waals surface area contributed by atoms with Gasteiger partial charge in [0.1, 0.15) is 5.82 Å². The van der Waals surface area contributed by atoms with Gasteiger partial charge in [-0.15, -0.1) is 0 Å².